The van der Waals surface area contributed by atoms with Crippen LogP contribution in [-0.4, -0.2) is 15.2 Å². The van der Waals surface area contributed by atoms with Crippen LogP contribution in [0.4, 0.5) is 13.2 Å². The van der Waals surface area contributed by atoms with Crippen LogP contribution in [0.15, 0.2) is 65.2 Å². The van der Waals surface area contributed by atoms with Gasteiger partial charge in [0.2, 0.25) is 0 Å². The van der Waals surface area contributed by atoms with E-state index in [9.17, 15) is 18.3 Å². The molecular formula is C19H11F3N2O2. The van der Waals surface area contributed by atoms with Crippen molar-refractivity contribution in [2.24, 2.45) is 0 Å². The summed E-state index contributed by atoms with van der Waals surface area (Å²) in [5.41, 5.74) is 0.0505. The van der Waals surface area contributed by atoms with E-state index in [-0.39, 0.29) is 28.2 Å². The van der Waals surface area contributed by atoms with Gasteiger partial charge in [-0.3, -0.25) is 0 Å². The minimum Gasteiger partial charge on any atom is -0.508 e. The Balaban J connectivity index is 1.99. The maximum Gasteiger partial charge on any atom is 0.417 e. The number of halogens is 3. The molecule has 0 radical (unpaired) electrons. The number of phenolic OH excluding ortho intramolecular Hbond substituents is 1. The van der Waals surface area contributed by atoms with Gasteiger partial charge in [0.15, 0.2) is 0 Å². The van der Waals surface area contributed by atoms with Gasteiger partial charge >= 0.3 is 6.18 Å². The van der Waals surface area contributed by atoms with Crippen molar-refractivity contribution in [1.82, 2.24) is 10.1 Å². The van der Waals surface area contributed by atoms with Crippen molar-refractivity contribution in [3.63, 3.8) is 0 Å². The van der Waals surface area contributed by atoms with Crippen LogP contribution in [0.25, 0.3) is 33.6 Å². The molecule has 0 saturated heterocycles. The van der Waals surface area contributed by atoms with Crippen molar-refractivity contribution < 1.29 is 22.8 Å². The molecule has 0 aliphatic heterocycles. The Morgan fingerprint density at radius 3 is 2.23 bits per heavy atom. The van der Waals surface area contributed by atoms with Gasteiger partial charge in [-0.1, -0.05) is 35.5 Å². The zero-order valence-corrected chi connectivity index (χ0v) is 13.2. The summed E-state index contributed by atoms with van der Waals surface area (Å²) in [5, 5.41) is 13.0. The number of benzene rings is 2. The molecule has 1 N–H and O–H groups in total. The lowest BCUT2D eigenvalue weighted by atomic mass is 10.0. The Bertz CT molecular complexity index is 1070. The first-order valence-corrected chi connectivity index (χ1v) is 7.66. The molecule has 0 bridgehead atoms. The Morgan fingerprint density at radius 1 is 0.885 bits per heavy atom. The number of alkyl halides is 3. The van der Waals surface area contributed by atoms with Crippen molar-refractivity contribution in [1.29, 1.82) is 0 Å². The van der Waals surface area contributed by atoms with E-state index in [0.717, 1.165) is 6.07 Å². The lowest BCUT2D eigenvalue weighted by Crippen LogP contribution is -2.07. The van der Waals surface area contributed by atoms with Crippen LogP contribution in [0.2, 0.25) is 0 Å². The molecule has 0 aliphatic carbocycles. The van der Waals surface area contributed by atoms with Gasteiger partial charge in [0.25, 0.3) is 5.71 Å². The number of aromatic hydroxyl groups is 1. The normalized spacial score (nSPS) is 11.8. The molecule has 130 valence electrons. The fraction of sp³-hybridized carbons (Fsp3) is 0.0526. The summed E-state index contributed by atoms with van der Waals surface area (Å²) in [7, 11) is 0. The highest BCUT2D eigenvalue weighted by molar-refractivity contribution is 5.94. The monoisotopic (exact) mass is 356 g/mol. The average Bonchev–Trinajstić information content (AvgIpc) is 3.05. The molecule has 4 rings (SSSR count). The van der Waals surface area contributed by atoms with Crippen LogP contribution in [-0.2, 0) is 6.18 Å². The number of rotatable bonds is 2. The van der Waals surface area contributed by atoms with Crippen LogP contribution in [0, 0.1) is 0 Å². The van der Waals surface area contributed by atoms with Crippen molar-refractivity contribution >= 4 is 11.1 Å². The highest BCUT2D eigenvalue weighted by Gasteiger charge is 2.36. The first-order chi connectivity index (χ1) is 12.4. The topological polar surface area (TPSA) is 59.2 Å². The summed E-state index contributed by atoms with van der Waals surface area (Å²) < 4.78 is 46.3. The minimum absolute atomic E-state index is 0.0110. The summed E-state index contributed by atoms with van der Waals surface area (Å²) in [6, 6.07) is 15.2. The van der Waals surface area contributed by atoms with Gasteiger partial charge in [-0.25, -0.2) is 4.98 Å². The first-order valence-electron chi connectivity index (χ1n) is 7.66. The fourth-order valence-electron chi connectivity index (χ4n) is 2.75. The Hall–Kier alpha value is -3.35. The number of fused-ring (bicyclic) bond motifs is 1. The third-order valence-corrected chi connectivity index (χ3v) is 3.96. The van der Waals surface area contributed by atoms with Gasteiger partial charge < -0.3 is 9.63 Å². The van der Waals surface area contributed by atoms with Crippen molar-refractivity contribution in [2.75, 3.05) is 0 Å². The van der Waals surface area contributed by atoms with E-state index in [2.05, 4.69) is 10.1 Å². The van der Waals surface area contributed by atoms with Crippen LogP contribution in [0.5, 0.6) is 5.75 Å². The second kappa shape index (κ2) is 5.87. The molecule has 26 heavy (non-hydrogen) atoms. The van der Waals surface area contributed by atoms with Gasteiger partial charge in [0, 0.05) is 11.1 Å². The number of nitrogens with zero attached hydrogens (tertiary/aromatic N) is 2. The van der Waals surface area contributed by atoms with E-state index in [4.69, 9.17) is 4.52 Å². The molecule has 0 atom stereocenters. The summed E-state index contributed by atoms with van der Waals surface area (Å²) in [5.74, 6) is 0.0110. The molecule has 0 spiro atoms. The number of hydrogen-bond acceptors (Lipinski definition) is 4. The van der Waals surface area contributed by atoms with Crippen molar-refractivity contribution in [3.05, 3.63) is 66.2 Å². The van der Waals surface area contributed by atoms with E-state index in [1.54, 1.807) is 30.3 Å². The Kier molecular flexibility index (Phi) is 3.64. The molecule has 2 heterocycles. The smallest absolute Gasteiger partial charge is 0.417 e. The molecule has 4 aromatic rings. The third kappa shape index (κ3) is 2.77. The molecule has 7 heteroatoms. The minimum atomic E-state index is -4.61. The molecule has 0 unspecified atom stereocenters. The zero-order valence-electron chi connectivity index (χ0n) is 13.2. The zero-order chi connectivity index (χ0) is 18.3. The SMILES string of the molecule is Oc1ccc(-c2cc(C(F)(F)F)c3c(-c4ccccc4)noc3n2)cc1. The standard InChI is InChI=1S/C19H11F3N2O2/c20-19(21,22)14-10-15(11-6-8-13(25)9-7-11)23-18-16(14)17(24-26-18)12-4-2-1-3-5-12/h1-10,25H. The largest absolute Gasteiger partial charge is 0.508 e. The van der Waals surface area contributed by atoms with Gasteiger partial charge in [-0.15, -0.1) is 0 Å². The van der Waals surface area contributed by atoms with Crippen molar-refractivity contribution in [3.8, 4) is 28.3 Å². The maximum absolute atomic E-state index is 13.7. The molecule has 4 nitrogen and oxygen atoms in total. The second-order valence-corrected chi connectivity index (χ2v) is 5.68. The quantitative estimate of drug-likeness (QED) is 0.531. The van der Waals surface area contributed by atoms with Crippen molar-refractivity contribution in [2.45, 2.75) is 6.18 Å². The molecule has 2 aromatic heterocycles. The lowest BCUT2D eigenvalue weighted by molar-refractivity contribution is -0.136. The van der Waals surface area contributed by atoms with E-state index < -0.39 is 11.7 Å². The predicted molar refractivity (Wildman–Crippen MR) is 89.3 cm³/mol. The predicted octanol–water partition coefficient (Wildman–Crippen LogP) is 5.28. The molecule has 2 aromatic carbocycles. The second-order valence-electron chi connectivity index (χ2n) is 5.68. The van der Waals surface area contributed by atoms with Crippen LogP contribution < -0.4 is 0 Å². The molecule has 0 saturated carbocycles. The number of aromatic nitrogens is 2. The van der Waals surface area contributed by atoms with E-state index in [1.165, 1.54) is 24.3 Å². The fourth-order valence-corrected chi connectivity index (χ4v) is 2.75. The highest BCUT2D eigenvalue weighted by atomic mass is 19.4. The number of hydrogen-bond donors (Lipinski definition) is 1. The highest BCUT2D eigenvalue weighted by Crippen LogP contribution is 2.40. The maximum atomic E-state index is 13.7. The molecular weight excluding hydrogens is 345 g/mol. The summed E-state index contributed by atoms with van der Waals surface area (Å²) >= 11 is 0. The number of phenols is 1. The average molecular weight is 356 g/mol. The van der Waals surface area contributed by atoms with Crippen LogP contribution >= 0.6 is 0 Å². The first kappa shape index (κ1) is 16.1. The van der Waals surface area contributed by atoms with E-state index >= 15 is 0 Å². The van der Waals surface area contributed by atoms with Gasteiger partial charge in [-0.05, 0) is 30.3 Å². The van der Waals surface area contributed by atoms with E-state index in [1.807, 2.05) is 0 Å². The van der Waals surface area contributed by atoms with Gasteiger partial charge in [-0.2, -0.15) is 13.2 Å². The number of pyridine rings is 1. The third-order valence-electron chi connectivity index (χ3n) is 3.96. The van der Waals surface area contributed by atoms with Gasteiger partial charge in [0.05, 0.1) is 16.6 Å². The lowest BCUT2D eigenvalue weighted by Gasteiger charge is -2.10. The van der Waals surface area contributed by atoms with E-state index in [0.29, 0.717) is 11.1 Å². The summed E-state index contributed by atoms with van der Waals surface area (Å²) in [6.45, 7) is 0. The van der Waals surface area contributed by atoms with Gasteiger partial charge in [0.1, 0.15) is 11.4 Å². The Labute approximate surface area is 145 Å². The van der Waals surface area contributed by atoms with Crippen LogP contribution in [0.1, 0.15) is 5.56 Å². The molecule has 0 fully saturated rings. The summed E-state index contributed by atoms with van der Waals surface area (Å²) in [4.78, 5) is 4.18. The molecule has 0 aliphatic rings. The summed E-state index contributed by atoms with van der Waals surface area (Å²) in [6.07, 6.45) is -4.61. The Morgan fingerprint density at radius 2 is 1.58 bits per heavy atom. The molecule has 0 amide bonds. The van der Waals surface area contributed by atoms with Crippen LogP contribution in [0.3, 0.4) is 0 Å².